The first-order valence-electron chi connectivity index (χ1n) is 7.44. The molecule has 6 nitrogen and oxygen atoms in total. The molecular weight excluding hydrogens is 363 g/mol. The van der Waals surface area contributed by atoms with Gasteiger partial charge in [0.15, 0.2) is 11.6 Å². The van der Waals surface area contributed by atoms with Crippen LogP contribution in [0.2, 0.25) is 0 Å². The van der Waals surface area contributed by atoms with Crippen LogP contribution in [0.25, 0.3) is 0 Å². The summed E-state index contributed by atoms with van der Waals surface area (Å²) in [6, 6.07) is 12.2. The highest BCUT2D eigenvalue weighted by atomic mass is 32.2. The van der Waals surface area contributed by atoms with Crippen molar-refractivity contribution in [2.75, 3.05) is 10.0 Å². The lowest BCUT2D eigenvalue weighted by Gasteiger charge is -2.07. The van der Waals surface area contributed by atoms with Gasteiger partial charge in [0.25, 0.3) is 10.0 Å². The maximum atomic E-state index is 12.9. The summed E-state index contributed by atoms with van der Waals surface area (Å²) in [5.74, 6) is 0.205. The van der Waals surface area contributed by atoms with Gasteiger partial charge in [-0.1, -0.05) is 6.92 Å². The molecule has 3 aromatic rings. The number of anilines is 3. The number of halogens is 1. The normalized spacial score (nSPS) is 11.3. The molecule has 0 fully saturated rings. The third kappa shape index (κ3) is 4.31. The van der Waals surface area contributed by atoms with Gasteiger partial charge < -0.3 is 5.32 Å². The lowest BCUT2D eigenvalue weighted by Crippen LogP contribution is -2.13. The summed E-state index contributed by atoms with van der Waals surface area (Å²) >= 11 is 1.22. The van der Waals surface area contributed by atoms with E-state index in [4.69, 9.17) is 0 Å². The zero-order valence-electron chi connectivity index (χ0n) is 13.2. The topological polar surface area (TPSA) is 84.0 Å². The van der Waals surface area contributed by atoms with Gasteiger partial charge in [0.2, 0.25) is 0 Å². The molecule has 25 heavy (non-hydrogen) atoms. The fourth-order valence-electron chi connectivity index (χ4n) is 2.02. The summed E-state index contributed by atoms with van der Waals surface area (Å²) in [5.41, 5.74) is 0.648. The smallest absolute Gasteiger partial charge is 0.272 e. The molecule has 0 atom stereocenters. The van der Waals surface area contributed by atoms with E-state index in [0.29, 0.717) is 11.5 Å². The van der Waals surface area contributed by atoms with E-state index in [1.165, 1.54) is 29.5 Å². The number of nitrogens with one attached hydrogen (secondary N) is 2. The first kappa shape index (κ1) is 17.3. The molecule has 0 aliphatic carbocycles. The molecule has 2 N–H and O–H groups in total. The quantitative estimate of drug-likeness (QED) is 0.682. The minimum absolute atomic E-state index is 0.121. The third-order valence-electron chi connectivity index (χ3n) is 3.27. The van der Waals surface area contributed by atoms with Crippen molar-refractivity contribution in [1.29, 1.82) is 0 Å². The van der Waals surface area contributed by atoms with Crippen LogP contribution in [0.15, 0.2) is 52.7 Å². The second kappa shape index (κ2) is 7.16. The summed E-state index contributed by atoms with van der Waals surface area (Å²) in [7, 11) is -3.68. The van der Waals surface area contributed by atoms with E-state index in [1.54, 1.807) is 30.3 Å². The van der Waals surface area contributed by atoms with Crippen molar-refractivity contribution in [3.63, 3.8) is 0 Å². The molecule has 0 spiro atoms. The van der Waals surface area contributed by atoms with Crippen molar-refractivity contribution in [2.45, 2.75) is 17.6 Å². The van der Waals surface area contributed by atoms with Crippen molar-refractivity contribution in [3.8, 4) is 0 Å². The van der Waals surface area contributed by atoms with Crippen molar-refractivity contribution in [3.05, 3.63) is 59.2 Å². The number of sulfonamides is 1. The zero-order chi connectivity index (χ0) is 17.9. The van der Waals surface area contributed by atoms with E-state index in [1.807, 2.05) is 6.92 Å². The van der Waals surface area contributed by atoms with Gasteiger partial charge in [-0.3, -0.25) is 4.72 Å². The number of rotatable bonds is 6. The van der Waals surface area contributed by atoms with Crippen LogP contribution in [-0.2, 0) is 16.4 Å². The molecule has 0 saturated heterocycles. The molecule has 0 aliphatic heterocycles. The first-order chi connectivity index (χ1) is 12.0. The molecule has 1 aromatic carbocycles. The lowest BCUT2D eigenvalue weighted by molar-refractivity contribution is 0.603. The van der Waals surface area contributed by atoms with Gasteiger partial charge >= 0.3 is 0 Å². The maximum Gasteiger partial charge on any atom is 0.272 e. The Hall–Kier alpha value is -2.52. The van der Waals surface area contributed by atoms with Gasteiger partial charge in [0.1, 0.15) is 10.0 Å². The van der Waals surface area contributed by atoms with Crippen LogP contribution in [0.5, 0.6) is 0 Å². The summed E-state index contributed by atoms with van der Waals surface area (Å²) in [6.07, 6.45) is 0.781. The molecule has 0 aliphatic rings. The van der Waals surface area contributed by atoms with Crippen LogP contribution < -0.4 is 10.0 Å². The van der Waals surface area contributed by atoms with Gasteiger partial charge in [-0.2, -0.15) is 0 Å². The maximum absolute atomic E-state index is 12.9. The molecular formula is C16H15FN4O2S2. The third-order valence-corrected chi connectivity index (χ3v) is 6.35. The van der Waals surface area contributed by atoms with E-state index in [-0.39, 0.29) is 15.8 Å². The number of benzene rings is 1. The molecule has 0 saturated carbocycles. The molecule has 3 rings (SSSR count). The summed E-state index contributed by atoms with van der Waals surface area (Å²) in [4.78, 5) is 0.991. The van der Waals surface area contributed by atoms with Crippen molar-refractivity contribution in [2.24, 2.45) is 0 Å². The fourth-order valence-corrected chi connectivity index (χ4v) is 4.31. The second-order valence-corrected chi connectivity index (χ2v) is 8.19. The average Bonchev–Trinajstić information content (AvgIpc) is 3.09. The van der Waals surface area contributed by atoms with Crippen LogP contribution in [0, 0.1) is 5.82 Å². The van der Waals surface area contributed by atoms with Crippen LogP contribution in [0.1, 0.15) is 11.8 Å². The van der Waals surface area contributed by atoms with E-state index >= 15 is 0 Å². The highest BCUT2D eigenvalue weighted by molar-refractivity contribution is 7.94. The number of thiophene rings is 1. The molecule has 9 heteroatoms. The lowest BCUT2D eigenvalue weighted by atomic mass is 10.3. The van der Waals surface area contributed by atoms with Crippen LogP contribution in [0.4, 0.5) is 21.7 Å². The minimum Gasteiger partial charge on any atom is -0.339 e. The molecule has 2 aromatic heterocycles. The predicted octanol–water partition coefficient (Wildman–Crippen LogP) is 3.78. The number of aryl methyl sites for hydroxylation is 1. The van der Waals surface area contributed by atoms with E-state index < -0.39 is 10.0 Å². The second-order valence-electron chi connectivity index (χ2n) is 5.12. The molecule has 130 valence electrons. The van der Waals surface area contributed by atoms with Gasteiger partial charge in [0.05, 0.1) is 0 Å². The number of aromatic nitrogens is 2. The van der Waals surface area contributed by atoms with Crippen LogP contribution in [-0.4, -0.2) is 18.6 Å². The van der Waals surface area contributed by atoms with Gasteiger partial charge in [-0.15, -0.1) is 21.5 Å². The van der Waals surface area contributed by atoms with Crippen molar-refractivity contribution in [1.82, 2.24) is 10.2 Å². The van der Waals surface area contributed by atoms with Crippen molar-refractivity contribution < 1.29 is 12.8 Å². The SMILES string of the molecule is CCc1ccc(S(=O)(=O)Nc2ccc(Nc3ccc(F)cc3)nn2)s1. The number of nitrogens with zero attached hydrogens (tertiary/aromatic N) is 2. The Morgan fingerprint density at radius 3 is 2.28 bits per heavy atom. The summed E-state index contributed by atoms with van der Waals surface area (Å²) in [6.45, 7) is 1.97. The molecule has 0 amide bonds. The first-order valence-corrected chi connectivity index (χ1v) is 9.74. The Bertz CT molecular complexity index is 955. The summed E-state index contributed by atoms with van der Waals surface area (Å²) < 4.78 is 40.2. The highest BCUT2D eigenvalue weighted by Gasteiger charge is 2.17. The Labute approximate surface area is 148 Å². The Morgan fingerprint density at radius 2 is 1.68 bits per heavy atom. The van der Waals surface area contributed by atoms with Gasteiger partial charge in [0, 0.05) is 10.6 Å². The monoisotopic (exact) mass is 378 g/mol. The van der Waals surface area contributed by atoms with Gasteiger partial charge in [-0.25, -0.2) is 12.8 Å². The van der Waals surface area contributed by atoms with Crippen LogP contribution >= 0.6 is 11.3 Å². The Morgan fingerprint density at radius 1 is 1.00 bits per heavy atom. The highest BCUT2D eigenvalue weighted by Crippen LogP contribution is 2.24. The number of hydrogen-bond donors (Lipinski definition) is 2. The van der Waals surface area contributed by atoms with Crippen LogP contribution in [0.3, 0.4) is 0 Å². The van der Waals surface area contributed by atoms with Crippen molar-refractivity contribution >= 4 is 38.7 Å². The van der Waals surface area contributed by atoms with E-state index in [0.717, 1.165) is 11.3 Å². The zero-order valence-corrected chi connectivity index (χ0v) is 14.9. The Balaban J connectivity index is 1.70. The fraction of sp³-hybridized carbons (Fsp3) is 0.125. The largest absolute Gasteiger partial charge is 0.339 e. The van der Waals surface area contributed by atoms with E-state index in [2.05, 4.69) is 20.2 Å². The molecule has 0 bridgehead atoms. The summed E-state index contributed by atoms with van der Waals surface area (Å²) in [5, 5.41) is 10.7. The molecule has 0 radical (unpaired) electrons. The standard InChI is InChI=1S/C16H15FN4O2S2/c1-2-13-7-10-16(24-13)25(22,23)21-15-9-8-14(19-20-15)18-12-5-3-11(17)4-6-12/h3-10H,2H2,1H3,(H,18,19)(H,20,21). The van der Waals surface area contributed by atoms with Gasteiger partial charge in [-0.05, 0) is 55.0 Å². The van der Waals surface area contributed by atoms with E-state index in [9.17, 15) is 12.8 Å². The number of hydrogen-bond acceptors (Lipinski definition) is 6. The molecule has 0 unspecified atom stereocenters. The Kier molecular flexibility index (Phi) is 4.95. The predicted molar refractivity (Wildman–Crippen MR) is 96.2 cm³/mol. The average molecular weight is 378 g/mol. The minimum atomic E-state index is -3.68. The molecule has 2 heterocycles.